The quantitative estimate of drug-likeness (QED) is 0.179. The lowest BCUT2D eigenvalue weighted by atomic mass is 9.92. The van der Waals surface area contributed by atoms with Crippen LogP contribution in [0.3, 0.4) is 0 Å². The van der Waals surface area contributed by atoms with Gasteiger partial charge in [-0.25, -0.2) is 9.79 Å². The number of halogens is 2. The van der Waals surface area contributed by atoms with E-state index in [9.17, 15) is 14.4 Å². The van der Waals surface area contributed by atoms with Gasteiger partial charge in [0.15, 0.2) is 4.80 Å². The van der Waals surface area contributed by atoms with Crippen molar-refractivity contribution in [3.8, 4) is 5.75 Å². The van der Waals surface area contributed by atoms with Crippen molar-refractivity contribution in [3.63, 3.8) is 0 Å². The Kier molecular flexibility index (Phi) is 8.76. The molecule has 0 radical (unpaired) electrons. The third kappa shape index (κ3) is 5.55. The average Bonchev–Trinajstić information content (AvgIpc) is 3.56. The number of thiazole rings is 1. The van der Waals surface area contributed by atoms with Crippen molar-refractivity contribution in [2.75, 3.05) is 18.6 Å². The monoisotopic (exact) mass is 783 g/mol. The summed E-state index contributed by atoms with van der Waals surface area (Å²) in [4.78, 5) is 50.1. The van der Waals surface area contributed by atoms with Gasteiger partial charge in [-0.3, -0.25) is 14.2 Å². The molecule has 11 heteroatoms. The molecule has 4 aromatic carbocycles. The molecule has 0 unspecified atom stereocenters. The van der Waals surface area contributed by atoms with Gasteiger partial charge in [0.25, 0.3) is 11.5 Å². The Labute approximate surface area is 296 Å². The van der Waals surface area contributed by atoms with E-state index in [1.807, 2.05) is 91.0 Å². The van der Waals surface area contributed by atoms with Crippen LogP contribution >= 0.6 is 43.2 Å². The summed E-state index contributed by atoms with van der Waals surface area (Å²) in [5.74, 6) is -0.426. The van der Waals surface area contributed by atoms with Gasteiger partial charge in [-0.1, -0.05) is 104 Å². The summed E-state index contributed by atoms with van der Waals surface area (Å²) in [7, 11) is 1.54. The lowest BCUT2D eigenvalue weighted by Gasteiger charge is -2.27. The Hall–Kier alpha value is -4.58. The van der Waals surface area contributed by atoms with E-state index < -0.39 is 17.6 Å². The fourth-order valence-corrected chi connectivity index (χ4v) is 7.98. The molecule has 2 aliphatic heterocycles. The van der Waals surface area contributed by atoms with Crippen LogP contribution in [0.25, 0.3) is 11.3 Å². The summed E-state index contributed by atoms with van der Waals surface area (Å²) < 4.78 is 14.6. The molecule has 7 rings (SSSR count). The SMILES string of the molecule is CCOC(=O)C1=C(c2ccccc2)N=c2s/c(=C3/C(=O)N(Cc4ccccc4)c4ccc(Br)cc43)c(=O)n2[C@@H]1c1cc(Br)ccc1OC. The number of carbonyl (C=O) groups excluding carboxylic acids is 2. The highest BCUT2D eigenvalue weighted by Crippen LogP contribution is 2.41. The first kappa shape index (κ1) is 32.0. The summed E-state index contributed by atoms with van der Waals surface area (Å²) in [5.41, 5.74) is 3.94. The van der Waals surface area contributed by atoms with Gasteiger partial charge in [0.1, 0.15) is 16.3 Å². The van der Waals surface area contributed by atoms with Crippen LogP contribution < -0.4 is 24.5 Å². The van der Waals surface area contributed by atoms with E-state index in [-0.39, 0.29) is 28.2 Å². The van der Waals surface area contributed by atoms with Crippen molar-refractivity contribution in [2.24, 2.45) is 4.99 Å². The van der Waals surface area contributed by atoms with Gasteiger partial charge in [0.05, 0.1) is 42.8 Å². The van der Waals surface area contributed by atoms with E-state index in [0.717, 1.165) is 25.8 Å². The number of hydrogen-bond donors (Lipinski definition) is 0. The zero-order chi connectivity index (χ0) is 33.5. The smallest absolute Gasteiger partial charge is 0.338 e. The largest absolute Gasteiger partial charge is 0.496 e. The number of nitrogens with zero attached hydrogens (tertiary/aromatic N) is 3. The van der Waals surface area contributed by atoms with Gasteiger partial charge in [-0.05, 0) is 48.9 Å². The maximum atomic E-state index is 14.8. The van der Waals surface area contributed by atoms with Crippen LogP contribution in [0, 0.1) is 0 Å². The van der Waals surface area contributed by atoms with Gasteiger partial charge >= 0.3 is 5.97 Å². The first-order valence-corrected chi connectivity index (χ1v) is 17.5. The van der Waals surface area contributed by atoms with Crippen LogP contribution in [0.5, 0.6) is 5.75 Å². The Morgan fingerprint density at radius 2 is 1.60 bits per heavy atom. The number of aromatic nitrogens is 1. The van der Waals surface area contributed by atoms with Gasteiger partial charge in [-0.2, -0.15) is 0 Å². The molecule has 8 nitrogen and oxygen atoms in total. The molecule has 0 spiro atoms. The lowest BCUT2D eigenvalue weighted by molar-refractivity contribution is -0.138. The first-order valence-electron chi connectivity index (χ1n) is 15.1. The Morgan fingerprint density at radius 1 is 0.917 bits per heavy atom. The molecular formula is C37H27Br2N3O5S. The molecule has 0 aliphatic carbocycles. The molecule has 0 saturated carbocycles. The number of amides is 1. The first-order chi connectivity index (χ1) is 23.3. The molecule has 48 heavy (non-hydrogen) atoms. The number of esters is 1. The highest BCUT2D eigenvalue weighted by Gasteiger charge is 2.39. The summed E-state index contributed by atoms with van der Waals surface area (Å²) in [6.45, 7) is 2.19. The number of hydrogen-bond acceptors (Lipinski definition) is 7. The lowest BCUT2D eigenvalue weighted by Crippen LogP contribution is -2.41. The minimum atomic E-state index is -0.976. The van der Waals surface area contributed by atoms with Crippen molar-refractivity contribution < 1.29 is 19.1 Å². The normalized spacial score (nSPS) is 16.4. The van der Waals surface area contributed by atoms with E-state index in [2.05, 4.69) is 31.9 Å². The standard InChI is InChI=1S/C37H27Br2N3O5S/c1-3-47-36(45)30-31(22-12-8-5-9-13-22)40-37-42(32(30)26-19-24(39)15-17-28(26)46-2)35(44)33(48-37)29-25-18-23(38)14-16-27(25)41(34(29)43)20-21-10-6-4-7-11-21/h4-19,32H,3,20H2,1-2H3/b33-29+/t32-/m1/s1. The van der Waals surface area contributed by atoms with Crippen LogP contribution in [0.4, 0.5) is 5.69 Å². The minimum absolute atomic E-state index is 0.124. The van der Waals surface area contributed by atoms with E-state index >= 15 is 0 Å². The average molecular weight is 786 g/mol. The van der Waals surface area contributed by atoms with Crippen LogP contribution in [0.15, 0.2) is 121 Å². The topological polar surface area (TPSA) is 90.2 Å². The number of fused-ring (bicyclic) bond motifs is 2. The van der Waals surface area contributed by atoms with Gasteiger partial charge < -0.3 is 14.4 Å². The zero-order valence-corrected chi connectivity index (χ0v) is 29.8. The maximum Gasteiger partial charge on any atom is 0.338 e. The van der Waals surface area contributed by atoms with Gasteiger partial charge in [0, 0.05) is 25.6 Å². The van der Waals surface area contributed by atoms with Gasteiger partial charge in [-0.15, -0.1) is 0 Å². The molecule has 0 N–H and O–H groups in total. The van der Waals surface area contributed by atoms with Crippen molar-refractivity contribution in [3.05, 3.63) is 154 Å². The highest BCUT2D eigenvalue weighted by molar-refractivity contribution is 9.10. The number of ether oxygens (including phenoxy) is 2. The van der Waals surface area contributed by atoms with Crippen molar-refractivity contribution >= 4 is 72.0 Å². The molecule has 0 saturated heterocycles. The molecule has 1 aromatic heterocycles. The zero-order valence-electron chi connectivity index (χ0n) is 25.8. The fraction of sp³-hybridized carbons (Fsp3) is 0.135. The minimum Gasteiger partial charge on any atom is -0.496 e. The van der Waals surface area contributed by atoms with Crippen molar-refractivity contribution in [2.45, 2.75) is 19.5 Å². The maximum absolute atomic E-state index is 14.8. The van der Waals surface area contributed by atoms with Crippen molar-refractivity contribution in [1.82, 2.24) is 4.57 Å². The van der Waals surface area contributed by atoms with E-state index in [1.165, 1.54) is 11.7 Å². The molecule has 0 bridgehead atoms. The van der Waals surface area contributed by atoms with Crippen molar-refractivity contribution in [1.29, 1.82) is 0 Å². The molecule has 240 valence electrons. The Balaban J connectivity index is 1.55. The van der Waals surface area contributed by atoms with E-state index in [1.54, 1.807) is 17.9 Å². The summed E-state index contributed by atoms with van der Waals surface area (Å²) in [6, 6.07) is 29.1. The van der Waals surface area contributed by atoms with Gasteiger partial charge in [0.2, 0.25) is 0 Å². The molecule has 1 atom stereocenters. The number of rotatable bonds is 7. The number of anilines is 1. The number of carbonyl (C=O) groups is 2. The summed E-state index contributed by atoms with van der Waals surface area (Å²) in [6.07, 6.45) is 0. The number of benzene rings is 4. The third-order valence-electron chi connectivity index (χ3n) is 8.22. The second-order valence-electron chi connectivity index (χ2n) is 11.1. The molecule has 1 amide bonds. The molecule has 2 aliphatic rings. The van der Waals surface area contributed by atoms with Crippen LogP contribution in [0.2, 0.25) is 0 Å². The highest BCUT2D eigenvalue weighted by atomic mass is 79.9. The molecule has 0 fully saturated rings. The third-order valence-corrected chi connectivity index (χ3v) is 10.3. The molecule has 3 heterocycles. The second-order valence-corrected chi connectivity index (χ2v) is 13.9. The molecule has 5 aromatic rings. The van der Waals surface area contributed by atoms with E-state index in [4.69, 9.17) is 14.5 Å². The Bertz CT molecular complexity index is 2320. The van der Waals surface area contributed by atoms with Crippen LogP contribution in [0.1, 0.15) is 35.2 Å². The summed E-state index contributed by atoms with van der Waals surface area (Å²) in [5, 5.41) is 0. The predicted octanol–water partition coefficient (Wildman–Crippen LogP) is 6.39. The predicted molar refractivity (Wildman–Crippen MR) is 192 cm³/mol. The number of methoxy groups -OCH3 is 1. The second kappa shape index (κ2) is 13.1. The van der Waals surface area contributed by atoms with Crippen LogP contribution in [-0.4, -0.2) is 30.2 Å². The van der Waals surface area contributed by atoms with Crippen LogP contribution in [-0.2, 0) is 20.9 Å². The Morgan fingerprint density at radius 3 is 2.31 bits per heavy atom. The summed E-state index contributed by atoms with van der Waals surface area (Å²) >= 11 is 8.26. The molecular weight excluding hydrogens is 758 g/mol. The van der Waals surface area contributed by atoms with E-state index in [0.29, 0.717) is 45.2 Å². The fourth-order valence-electron chi connectivity index (χ4n) is 6.15.